The van der Waals surface area contributed by atoms with Crippen molar-refractivity contribution in [3.8, 4) is 67.5 Å². The van der Waals surface area contributed by atoms with Gasteiger partial charge in [-0.2, -0.15) is 0 Å². The van der Waals surface area contributed by atoms with Crippen molar-refractivity contribution in [3.63, 3.8) is 0 Å². The van der Waals surface area contributed by atoms with Gasteiger partial charge in [-0.15, -0.1) is 0 Å². The molecule has 70 heavy (non-hydrogen) atoms. The second kappa shape index (κ2) is 16.2. The van der Waals surface area contributed by atoms with Gasteiger partial charge in [0.2, 0.25) is 0 Å². The first-order chi connectivity index (χ1) is 34.7. The van der Waals surface area contributed by atoms with Gasteiger partial charge in [-0.3, -0.25) is 0 Å². The first kappa shape index (κ1) is 39.8. The lowest BCUT2D eigenvalue weighted by atomic mass is 9.91. The zero-order valence-electron chi connectivity index (χ0n) is 38.0. The molecule has 4 nitrogen and oxygen atoms in total. The minimum absolute atomic E-state index is 0.671. The van der Waals surface area contributed by atoms with E-state index < -0.39 is 0 Å². The third kappa shape index (κ3) is 6.53. The number of hydrogen-bond acceptors (Lipinski definition) is 2. The van der Waals surface area contributed by atoms with Gasteiger partial charge in [-0.1, -0.05) is 188 Å². The molecule has 0 aliphatic heterocycles. The molecule has 14 rings (SSSR count). The zero-order chi connectivity index (χ0) is 46.1. The van der Waals surface area contributed by atoms with Crippen LogP contribution in [0.2, 0.25) is 0 Å². The Morgan fingerprint density at radius 1 is 0.243 bits per heavy atom. The summed E-state index contributed by atoms with van der Waals surface area (Å²) >= 11 is 0. The van der Waals surface area contributed by atoms with Crippen molar-refractivity contribution in [2.45, 2.75) is 0 Å². The highest BCUT2D eigenvalue weighted by molar-refractivity contribution is 6.15. The maximum Gasteiger partial charge on any atom is 0.160 e. The number of nitrogens with zero attached hydrogens (tertiary/aromatic N) is 4. The van der Waals surface area contributed by atoms with Crippen LogP contribution in [0.15, 0.2) is 255 Å². The molecule has 3 aromatic heterocycles. The number of rotatable bonds is 7. The molecule has 0 bridgehead atoms. The lowest BCUT2D eigenvalue weighted by molar-refractivity contribution is 1.16. The van der Waals surface area contributed by atoms with E-state index in [-0.39, 0.29) is 0 Å². The third-order valence-electron chi connectivity index (χ3n) is 14.1. The molecule has 0 amide bonds. The number of hydrogen-bond donors (Lipinski definition) is 0. The zero-order valence-corrected chi connectivity index (χ0v) is 38.0. The van der Waals surface area contributed by atoms with Crippen molar-refractivity contribution in [2.75, 3.05) is 0 Å². The highest BCUT2D eigenvalue weighted by Crippen LogP contribution is 2.42. The smallest absolute Gasteiger partial charge is 0.160 e. The summed E-state index contributed by atoms with van der Waals surface area (Å²) in [7, 11) is 0. The summed E-state index contributed by atoms with van der Waals surface area (Å²) < 4.78 is 4.82. The number of benzene rings is 11. The molecule has 0 radical (unpaired) electrons. The predicted octanol–water partition coefficient (Wildman–Crippen LogP) is 17.3. The second-order valence-electron chi connectivity index (χ2n) is 18.2. The van der Waals surface area contributed by atoms with E-state index in [1.54, 1.807) is 0 Å². The molecule has 0 N–H and O–H groups in total. The Kier molecular flexibility index (Phi) is 9.17. The minimum atomic E-state index is 0.671. The van der Waals surface area contributed by atoms with Gasteiger partial charge in [-0.25, -0.2) is 9.97 Å². The summed E-state index contributed by atoms with van der Waals surface area (Å²) in [4.78, 5) is 10.9. The van der Waals surface area contributed by atoms with Crippen LogP contribution >= 0.6 is 0 Å². The molecule has 11 aromatic carbocycles. The molecular weight excluding hydrogens is 849 g/mol. The van der Waals surface area contributed by atoms with Crippen LogP contribution in [0.3, 0.4) is 0 Å². The van der Waals surface area contributed by atoms with Gasteiger partial charge in [0.15, 0.2) is 5.82 Å². The van der Waals surface area contributed by atoms with E-state index in [1.165, 1.54) is 65.3 Å². The van der Waals surface area contributed by atoms with E-state index in [0.29, 0.717) is 5.82 Å². The van der Waals surface area contributed by atoms with Crippen molar-refractivity contribution in [1.29, 1.82) is 0 Å². The van der Waals surface area contributed by atoms with Crippen LogP contribution in [0.4, 0.5) is 0 Å². The fourth-order valence-electron chi connectivity index (χ4n) is 10.8. The van der Waals surface area contributed by atoms with Crippen LogP contribution in [-0.2, 0) is 0 Å². The molecule has 0 saturated heterocycles. The summed E-state index contributed by atoms with van der Waals surface area (Å²) in [5, 5.41) is 9.70. The van der Waals surface area contributed by atoms with E-state index in [0.717, 1.165) is 61.6 Å². The Labute approximate surface area is 404 Å². The van der Waals surface area contributed by atoms with Crippen LogP contribution < -0.4 is 0 Å². The Morgan fingerprint density at radius 3 is 1.41 bits per heavy atom. The van der Waals surface area contributed by atoms with Crippen LogP contribution in [0, 0.1) is 0 Å². The van der Waals surface area contributed by atoms with Crippen molar-refractivity contribution in [2.24, 2.45) is 0 Å². The Hall–Kier alpha value is -9.38. The molecule has 0 saturated carbocycles. The van der Waals surface area contributed by atoms with Gasteiger partial charge in [0.25, 0.3) is 0 Å². The molecule has 0 aliphatic carbocycles. The summed E-state index contributed by atoms with van der Waals surface area (Å²) in [6, 6.07) is 91.9. The Morgan fingerprint density at radius 2 is 0.729 bits per heavy atom. The van der Waals surface area contributed by atoms with Gasteiger partial charge in [0.05, 0.1) is 33.5 Å². The third-order valence-corrected chi connectivity index (χ3v) is 14.1. The molecule has 4 heteroatoms. The van der Waals surface area contributed by atoms with Gasteiger partial charge < -0.3 is 9.13 Å². The molecule has 0 aliphatic rings. The van der Waals surface area contributed by atoms with Gasteiger partial charge in [0, 0.05) is 49.6 Å². The maximum absolute atomic E-state index is 5.48. The van der Waals surface area contributed by atoms with Crippen molar-refractivity contribution < 1.29 is 0 Å². The average molecular weight is 891 g/mol. The van der Waals surface area contributed by atoms with Crippen LogP contribution in [0.25, 0.3) is 133 Å². The highest BCUT2D eigenvalue weighted by Gasteiger charge is 2.20. The molecular formula is C66H42N4. The van der Waals surface area contributed by atoms with E-state index in [9.17, 15) is 0 Å². The van der Waals surface area contributed by atoms with Gasteiger partial charge in [-0.05, 0) is 111 Å². The normalized spacial score (nSPS) is 11.7. The quantitative estimate of drug-likeness (QED) is 0.149. The lowest BCUT2D eigenvalue weighted by Gasteiger charge is -2.17. The van der Waals surface area contributed by atoms with Crippen LogP contribution in [0.5, 0.6) is 0 Å². The highest BCUT2D eigenvalue weighted by atomic mass is 15.0. The average Bonchev–Trinajstić information content (AvgIpc) is 3.95. The van der Waals surface area contributed by atoms with Crippen molar-refractivity contribution in [1.82, 2.24) is 19.1 Å². The van der Waals surface area contributed by atoms with E-state index >= 15 is 0 Å². The van der Waals surface area contributed by atoms with Crippen LogP contribution in [-0.4, -0.2) is 19.1 Å². The maximum atomic E-state index is 5.48. The van der Waals surface area contributed by atoms with E-state index in [2.05, 4.69) is 258 Å². The molecule has 0 unspecified atom stereocenters. The molecule has 326 valence electrons. The first-order valence-corrected chi connectivity index (χ1v) is 23.9. The van der Waals surface area contributed by atoms with E-state index in [4.69, 9.17) is 9.97 Å². The fraction of sp³-hybridized carbons (Fsp3) is 0. The summed E-state index contributed by atoms with van der Waals surface area (Å²) in [6.07, 6.45) is 0. The minimum Gasteiger partial charge on any atom is -0.309 e. The SMILES string of the molecule is c1ccc(-c2ccc3c4ccccc4n(-c4cc(-c5cc(-c6ccc7c8ccccc8n(-c8ccccc8)c7c6)nc(-c6ccccc6)n5)cc(-c5cc6ccccc6c6ccccc56)c4)c3c2)cc1. The molecule has 0 atom stereocenters. The van der Waals surface area contributed by atoms with Crippen LogP contribution in [0.1, 0.15) is 0 Å². The Bertz CT molecular complexity index is 4340. The standard InChI is InChI=1S/C66H42N4/c1-4-18-43(19-5-1)45-32-34-57-56-29-15-17-31-63(56)70(64(57)40-45)51-37-48(59-39-46-22-10-11-25-52(46)53-26-12-13-27-54(53)59)36-49(38-51)61-42-60(67-66(68-61)44-20-6-2-7-21-44)47-33-35-58-55-28-14-16-30-62(55)69(65(58)41-47)50-23-8-3-9-24-50/h1-42H. The largest absolute Gasteiger partial charge is 0.309 e. The van der Waals surface area contributed by atoms with Gasteiger partial charge >= 0.3 is 0 Å². The Balaban J connectivity index is 1.05. The predicted molar refractivity (Wildman–Crippen MR) is 293 cm³/mol. The lowest BCUT2D eigenvalue weighted by Crippen LogP contribution is -1.99. The number of fused-ring (bicyclic) bond motifs is 9. The molecule has 3 heterocycles. The fourth-order valence-corrected chi connectivity index (χ4v) is 10.8. The van der Waals surface area contributed by atoms with Crippen molar-refractivity contribution >= 4 is 65.2 Å². The van der Waals surface area contributed by atoms with Gasteiger partial charge in [0.1, 0.15) is 0 Å². The number of para-hydroxylation sites is 3. The molecule has 14 aromatic rings. The number of aromatic nitrogens is 4. The summed E-state index contributed by atoms with van der Waals surface area (Å²) in [6.45, 7) is 0. The van der Waals surface area contributed by atoms with Crippen molar-refractivity contribution in [3.05, 3.63) is 255 Å². The second-order valence-corrected chi connectivity index (χ2v) is 18.2. The molecule has 0 fully saturated rings. The topological polar surface area (TPSA) is 35.6 Å². The van der Waals surface area contributed by atoms with E-state index in [1.807, 2.05) is 6.07 Å². The monoisotopic (exact) mass is 890 g/mol. The summed E-state index contributed by atoms with van der Waals surface area (Å²) in [5.74, 6) is 0.671. The molecule has 0 spiro atoms. The first-order valence-electron chi connectivity index (χ1n) is 23.9. The summed E-state index contributed by atoms with van der Waals surface area (Å²) in [5.41, 5.74) is 16.0.